The summed E-state index contributed by atoms with van der Waals surface area (Å²) in [5.74, 6) is 0.453. The number of unbranched alkanes of at least 4 members (excludes halogenated alkanes) is 2. The summed E-state index contributed by atoms with van der Waals surface area (Å²) in [4.78, 5) is 11.8. The standard InChI is InChI=1S/C13H28NO.BrH/c1-5-9-10-11-13(15)12-14(6-2,7-3)8-4;/h5-12H2,1-4H3;1H/q+1;/p-1. The van der Waals surface area contributed by atoms with E-state index in [9.17, 15) is 4.79 Å². The highest BCUT2D eigenvalue weighted by molar-refractivity contribution is 5.79. The SMILES string of the molecule is CCCCCC(=O)C[N+](CC)(CC)CC.[Br-]. The van der Waals surface area contributed by atoms with Crippen molar-refractivity contribution in [1.29, 1.82) is 0 Å². The molecule has 0 spiro atoms. The lowest BCUT2D eigenvalue weighted by Gasteiger charge is -2.35. The predicted octanol–water partition coefficient (Wildman–Crippen LogP) is 0.0163. The molecular formula is C13H28BrNO. The second kappa shape index (κ2) is 10.3. The molecule has 98 valence electrons. The van der Waals surface area contributed by atoms with Gasteiger partial charge in [-0.3, -0.25) is 4.79 Å². The second-order valence-electron chi connectivity index (χ2n) is 4.44. The number of quaternary nitrogens is 1. The number of hydrogen-bond donors (Lipinski definition) is 0. The van der Waals surface area contributed by atoms with Gasteiger partial charge in [0.15, 0.2) is 5.78 Å². The Morgan fingerprint density at radius 2 is 1.44 bits per heavy atom. The largest absolute Gasteiger partial charge is 1.00 e. The molecule has 2 nitrogen and oxygen atoms in total. The van der Waals surface area contributed by atoms with Crippen LogP contribution in [0.4, 0.5) is 0 Å². The second-order valence-corrected chi connectivity index (χ2v) is 4.44. The van der Waals surface area contributed by atoms with Gasteiger partial charge in [-0.25, -0.2) is 0 Å². The summed E-state index contributed by atoms with van der Waals surface area (Å²) in [6.07, 6.45) is 4.25. The molecule has 0 aliphatic heterocycles. The molecule has 3 heteroatoms. The lowest BCUT2D eigenvalue weighted by molar-refractivity contribution is -0.915. The van der Waals surface area contributed by atoms with Crippen LogP contribution in [0, 0.1) is 0 Å². The average Bonchev–Trinajstić information content (AvgIpc) is 2.26. The van der Waals surface area contributed by atoms with Crippen molar-refractivity contribution in [2.75, 3.05) is 26.2 Å². The smallest absolute Gasteiger partial charge is 0.186 e. The van der Waals surface area contributed by atoms with Gasteiger partial charge in [0.05, 0.1) is 19.6 Å². The van der Waals surface area contributed by atoms with E-state index in [0.29, 0.717) is 5.78 Å². The van der Waals surface area contributed by atoms with E-state index in [1.165, 1.54) is 12.8 Å². The molecule has 0 atom stereocenters. The molecule has 0 aliphatic rings. The zero-order valence-corrected chi connectivity index (χ0v) is 13.0. The predicted molar refractivity (Wildman–Crippen MR) is 65.9 cm³/mol. The number of ketones is 1. The first-order valence-corrected chi connectivity index (χ1v) is 6.50. The number of carbonyl (C=O) groups excluding carboxylic acids is 1. The summed E-state index contributed by atoms with van der Waals surface area (Å²) in [5.41, 5.74) is 0. The Kier molecular flexibility index (Phi) is 11.9. The number of carbonyl (C=O) groups is 1. The molecule has 0 rings (SSSR count). The first kappa shape index (κ1) is 18.5. The van der Waals surface area contributed by atoms with Crippen LogP contribution in [0.15, 0.2) is 0 Å². The molecule has 0 heterocycles. The van der Waals surface area contributed by atoms with E-state index in [1.807, 2.05) is 0 Å². The molecule has 0 aromatic carbocycles. The van der Waals surface area contributed by atoms with Gasteiger partial charge in [-0.15, -0.1) is 0 Å². The molecule has 16 heavy (non-hydrogen) atoms. The molecule has 0 amide bonds. The molecule has 0 N–H and O–H groups in total. The van der Waals surface area contributed by atoms with Crippen LogP contribution in [0.3, 0.4) is 0 Å². The van der Waals surface area contributed by atoms with E-state index >= 15 is 0 Å². The van der Waals surface area contributed by atoms with Gasteiger partial charge in [0.1, 0.15) is 6.54 Å². The first-order valence-electron chi connectivity index (χ1n) is 6.50. The minimum atomic E-state index is 0. The Hall–Kier alpha value is 0.110. The molecule has 0 aromatic heterocycles. The van der Waals surface area contributed by atoms with Crippen LogP contribution in [0.1, 0.15) is 53.4 Å². The van der Waals surface area contributed by atoms with E-state index in [4.69, 9.17) is 0 Å². The summed E-state index contributed by atoms with van der Waals surface area (Å²) in [7, 11) is 0. The number of halogens is 1. The fourth-order valence-electron chi connectivity index (χ4n) is 2.03. The van der Waals surface area contributed by atoms with Crippen LogP contribution >= 0.6 is 0 Å². The van der Waals surface area contributed by atoms with Crippen LogP contribution in [-0.2, 0) is 4.79 Å². The van der Waals surface area contributed by atoms with Gasteiger partial charge < -0.3 is 21.5 Å². The minimum Gasteiger partial charge on any atom is -1.00 e. The van der Waals surface area contributed by atoms with Crippen molar-refractivity contribution in [3.05, 3.63) is 0 Å². The monoisotopic (exact) mass is 293 g/mol. The maximum absolute atomic E-state index is 11.8. The normalized spacial score (nSPS) is 11.0. The quantitative estimate of drug-likeness (QED) is 0.433. The van der Waals surface area contributed by atoms with Gasteiger partial charge in [-0.1, -0.05) is 19.8 Å². The van der Waals surface area contributed by atoms with Gasteiger partial charge in [0, 0.05) is 6.42 Å². The Bertz CT molecular complexity index is 171. The van der Waals surface area contributed by atoms with Crippen molar-refractivity contribution in [3.8, 4) is 0 Å². The van der Waals surface area contributed by atoms with Crippen molar-refractivity contribution in [1.82, 2.24) is 0 Å². The van der Waals surface area contributed by atoms with E-state index in [1.54, 1.807) is 0 Å². The van der Waals surface area contributed by atoms with Crippen LogP contribution in [0.5, 0.6) is 0 Å². The van der Waals surface area contributed by atoms with Crippen molar-refractivity contribution >= 4 is 5.78 Å². The first-order chi connectivity index (χ1) is 7.14. The van der Waals surface area contributed by atoms with Crippen LogP contribution in [0.25, 0.3) is 0 Å². The molecule has 0 saturated carbocycles. The van der Waals surface area contributed by atoms with E-state index in [2.05, 4.69) is 27.7 Å². The van der Waals surface area contributed by atoms with Crippen LogP contribution in [0.2, 0.25) is 0 Å². The molecule has 0 bridgehead atoms. The molecule has 0 aromatic rings. The lowest BCUT2D eigenvalue weighted by Crippen LogP contribution is -3.00. The fourth-order valence-corrected chi connectivity index (χ4v) is 2.03. The van der Waals surface area contributed by atoms with Crippen molar-refractivity contribution in [2.24, 2.45) is 0 Å². The molecule has 0 radical (unpaired) electrons. The maximum atomic E-state index is 11.8. The summed E-state index contributed by atoms with van der Waals surface area (Å²) < 4.78 is 0.963. The number of likely N-dealkylation sites (N-methyl/N-ethyl adjacent to an activating group) is 1. The van der Waals surface area contributed by atoms with Crippen LogP contribution in [-0.4, -0.2) is 36.4 Å². The van der Waals surface area contributed by atoms with Gasteiger partial charge in [0.2, 0.25) is 0 Å². The lowest BCUT2D eigenvalue weighted by atomic mass is 10.1. The van der Waals surface area contributed by atoms with Crippen LogP contribution < -0.4 is 17.0 Å². The van der Waals surface area contributed by atoms with E-state index in [-0.39, 0.29) is 17.0 Å². The molecule has 0 aliphatic carbocycles. The summed E-state index contributed by atoms with van der Waals surface area (Å²) >= 11 is 0. The van der Waals surface area contributed by atoms with Crippen molar-refractivity contribution in [2.45, 2.75) is 53.4 Å². The number of rotatable bonds is 9. The van der Waals surface area contributed by atoms with Crippen molar-refractivity contribution < 1.29 is 26.3 Å². The maximum Gasteiger partial charge on any atom is 0.186 e. The minimum absolute atomic E-state index is 0. The van der Waals surface area contributed by atoms with Gasteiger partial charge >= 0.3 is 0 Å². The highest BCUT2D eigenvalue weighted by Gasteiger charge is 2.23. The summed E-state index contributed by atoms with van der Waals surface area (Å²) in [6, 6.07) is 0. The van der Waals surface area contributed by atoms with E-state index in [0.717, 1.165) is 43.5 Å². The topological polar surface area (TPSA) is 17.1 Å². The molecule has 0 fully saturated rings. The zero-order valence-electron chi connectivity index (χ0n) is 11.4. The number of nitrogens with zero attached hydrogens (tertiary/aromatic N) is 1. The Balaban J connectivity index is 0. The Morgan fingerprint density at radius 1 is 0.938 bits per heavy atom. The molecule has 0 unspecified atom stereocenters. The van der Waals surface area contributed by atoms with Gasteiger partial charge in [-0.05, 0) is 27.2 Å². The summed E-state index contributed by atoms with van der Waals surface area (Å²) in [6.45, 7) is 12.7. The zero-order chi connectivity index (χ0) is 11.7. The molecule has 0 saturated heterocycles. The highest BCUT2D eigenvalue weighted by atomic mass is 79.9. The summed E-state index contributed by atoms with van der Waals surface area (Å²) in [5, 5.41) is 0. The highest BCUT2D eigenvalue weighted by Crippen LogP contribution is 2.08. The fraction of sp³-hybridized carbons (Fsp3) is 0.923. The third-order valence-corrected chi connectivity index (χ3v) is 3.58. The number of Topliss-reactive ketones (excluding diaryl/α,β-unsaturated/α-hetero) is 1. The third kappa shape index (κ3) is 6.64. The Labute approximate surface area is 112 Å². The van der Waals surface area contributed by atoms with E-state index < -0.39 is 0 Å². The van der Waals surface area contributed by atoms with Crippen molar-refractivity contribution in [3.63, 3.8) is 0 Å². The average molecular weight is 294 g/mol. The number of hydrogen-bond acceptors (Lipinski definition) is 1. The van der Waals surface area contributed by atoms with Gasteiger partial charge in [-0.2, -0.15) is 0 Å². The van der Waals surface area contributed by atoms with Gasteiger partial charge in [0.25, 0.3) is 0 Å². The molecular weight excluding hydrogens is 266 g/mol. The third-order valence-electron chi connectivity index (χ3n) is 3.58. The Morgan fingerprint density at radius 3 is 1.81 bits per heavy atom.